The molecule has 0 spiro atoms. The number of carbonyl (C=O) groups excluding carboxylic acids is 1. The zero-order chi connectivity index (χ0) is 28.8. The fraction of sp³-hybridized carbons (Fsp3) is 0.152. The third-order valence-corrected chi connectivity index (χ3v) is 6.47. The maximum Gasteiger partial charge on any atom is 0.343 e. The largest absolute Gasteiger partial charge is 0.494 e. The quantitative estimate of drug-likeness (QED) is 0.184. The minimum Gasteiger partial charge on any atom is -0.494 e. The molecule has 0 aliphatic carbocycles. The first kappa shape index (κ1) is 27.3. The summed E-state index contributed by atoms with van der Waals surface area (Å²) >= 11 is 0. The standard InChI is InChI=1S/C33H27FN2O5/c1-2-16-38-25-12-8-22(9-13-25)33(37)40-27-14-15-28-30(18-27)41-32(36)29(19-35)31(28)23-4-3-5-26(17-23)39-20-21-6-10-24(34)11-7-21/h3-15,17-18,31H,2,16,20,36H2,1H3. The van der Waals surface area contributed by atoms with E-state index in [0.29, 0.717) is 35.0 Å². The van der Waals surface area contributed by atoms with E-state index in [0.717, 1.165) is 17.5 Å². The van der Waals surface area contributed by atoms with Crippen molar-refractivity contribution >= 4 is 5.97 Å². The van der Waals surface area contributed by atoms with Gasteiger partial charge in [-0.1, -0.05) is 37.3 Å². The minimum atomic E-state index is -0.536. The van der Waals surface area contributed by atoms with Gasteiger partial charge in [-0.15, -0.1) is 0 Å². The van der Waals surface area contributed by atoms with E-state index in [1.165, 1.54) is 12.1 Å². The van der Waals surface area contributed by atoms with Crippen LogP contribution in [0.3, 0.4) is 0 Å². The summed E-state index contributed by atoms with van der Waals surface area (Å²) in [6.07, 6.45) is 0.886. The number of halogens is 1. The molecule has 4 aromatic rings. The molecule has 1 heterocycles. The van der Waals surface area contributed by atoms with Gasteiger partial charge in [0.1, 0.15) is 47.1 Å². The molecule has 0 saturated heterocycles. The number of rotatable bonds is 9. The summed E-state index contributed by atoms with van der Waals surface area (Å²) in [7, 11) is 0. The monoisotopic (exact) mass is 550 g/mol. The van der Waals surface area contributed by atoms with E-state index in [1.807, 2.05) is 25.1 Å². The molecule has 4 aromatic carbocycles. The lowest BCUT2D eigenvalue weighted by Gasteiger charge is -2.27. The van der Waals surface area contributed by atoms with E-state index in [2.05, 4.69) is 6.07 Å². The van der Waals surface area contributed by atoms with E-state index in [4.69, 9.17) is 24.7 Å². The Morgan fingerprint density at radius 1 is 0.951 bits per heavy atom. The lowest BCUT2D eigenvalue weighted by atomic mass is 9.83. The normalized spacial score (nSPS) is 13.9. The summed E-state index contributed by atoms with van der Waals surface area (Å²) in [5.41, 5.74) is 9.05. The molecule has 2 N–H and O–H groups in total. The van der Waals surface area contributed by atoms with Crippen LogP contribution in [0, 0.1) is 17.1 Å². The van der Waals surface area contributed by atoms with Gasteiger partial charge < -0.3 is 24.7 Å². The zero-order valence-corrected chi connectivity index (χ0v) is 22.3. The molecule has 0 aromatic heterocycles. The number of allylic oxidation sites excluding steroid dienone is 1. The predicted octanol–water partition coefficient (Wildman–Crippen LogP) is 6.63. The molecule has 1 aliphatic rings. The van der Waals surface area contributed by atoms with Crippen molar-refractivity contribution < 1.29 is 28.1 Å². The molecule has 0 fully saturated rings. The van der Waals surface area contributed by atoms with Gasteiger partial charge in [-0.3, -0.25) is 0 Å². The highest BCUT2D eigenvalue weighted by molar-refractivity contribution is 5.91. The van der Waals surface area contributed by atoms with Gasteiger partial charge in [0.25, 0.3) is 0 Å². The number of nitrogens with zero attached hydrogens (tertiary/aromatic N) is 1. The SMILES string of the molecule is CCCOc1ccc(C(=O)Oc2ccc3c(c2)OC(N)=C(C#N)C3c2cccc(OCc3ccc(F)cc3)c2)cc1. The number of carbonyl (C=O) groups is 1. The second-order valence-corrected chi connectivity index (χ2v) is 9.37. The molecule has 8 heteroatoms. The van der Waals surface area contributed by atoms with Gasteiger partial charge in [-0.2, -0.15) is 5.26 Å². The lowest BCUT2D eigenvalue weighted by Crippen LogP contribution is -2.21. The number of fused-ring (bicyclic) bond motifs is 1. The molecule has 1 unspecified atom stereocenters. The molecule has 1 atom stereocenters. The van der Waals surface area contributed by atoms with E-state index < -0.39 is 11.9 Å². The van der Waals surface area contributed by atoms with E-state index in [-0.39, 0.29) is 29.6 Å². The summed E-state index contributed by atoms with van der Waals surface area (Å²) in [4.78, 5) is 12.8. The van der Waals surface area contributed by atoms with Gasteiger partial charge in [0.05, 0.1) is 18.1 Å². The fourth-order valence-corrected chi connectivity index (χ4v) is 4.45. The number of hydrogen-bond donors (Lipinski definition) is 1. The van der Waals surface area contributed by atoms with Crippen molar-refractivity contribution in [3.8, 4) is 29.1 Å². The second-order valence-electron chi connectivity index (χ2n) is 9.37. The van der Waals surface area contributed by atoms with E-state index in [1.54, 1.807) is 60.7 Å². The van der Waals surface area contributed by atoms with Crippen molar-refractivity contribution in [2.75, 3.05) is 6.61 Å². The Morgan fingerprint density at radius 2 is 1.71 bits per heavy atom. The van der Waals surface area contributed by atoms with Crippen LogP contribution in [-0.2, 0) is 6.61 Å². The Morgan fingerprint density at radius 3 is 2.44 bits per heavy atom. The molecule has 206 valence electrons. The molecular weight excluding hydrogens is 523 g/mol. The van der Waals surface area contributed by atoms with Crippen molar-refractivity contribution in [1.29, 1.82) is 5.26 Å². The first-order valence-corrected chi connectivity index (χ1v) is 13.1. The Kier molecular flexibility index (Phi) is 8.16. The maximum absolute atomic E-state index is 13.2. The molecule has 0 saturated carbocycles. The molecule has 41 heavy (non-hydrogen) atoms. The number of nitrogens with two attached hydrogens (primary N) is 1. The van der Waals surface area contributed by atoms with Gasteiger partial charge in [-0.05, 0) is 72.1 Å². The van der Waals surface area contributed by atoms with Crippen LogP contribution in [0.15, 0.2) is 102 Å². The molecule has 0 bridgehead atoms. The highest BCUT2D eigenvalue weighted by atomic mass is 19.1. The highest BCUT2D eigenvalue weighted by Gasteiger charge is 2.31. The summed E-state index contributed by atoms with van der Waals surface area (Å²) in [6.45, 7) is 2.86. The highest BCUT2D eigenvalue weighted by Crippen LogP contribution is 2.44. The van der Waals surface area contributed by atoms with Crippen LogP contribution in [0.1, 0.15) is 46.3 Å². The summed E-state index contributed by atoms with van der Waals surface area (Å²) in [5.74, 6) is 0.483. The number of nitriles is 1. The van der Waals surface area contributed by atoms with Crippen molar-refractivity contribution in [1.82, 2.24) is 0 Å². The third-order valence-electron chi connectivity index (χ3n) is 6.47. The van der Waals surface area contributed by atoms with Gasteiger partial charge in [-0.25, -0.2) is 9.18 Å². The molecule has 1 aliphatic heterocycles. The van der Waals surface area contributed by atoms with Crippen LogP contribution in [0.4, 0.5) is 4.39 Å². The van der Waals surface area contributed by atoms with Gasteiger partial charge in [0.15, 0.2) is 0 Å². The number of esters is 1. The van der Waals surface area contributed by atoms with Crippen molar-refractivity contribution in [3.63, 3.8) is 0 Å². The summed E-state index contributed by atoms with van der Waals surface area (Å²) < 4.78 is 36.1. The average Bonchev–Trinajstić information content (AvgIpc) is 2.99. The zero-order valence-electron chi connectivity index (χ0n) is 22.3. The van der Waals surface area contributed by atoms with Gasteiger partial charge >= 0.3 is 5.97 Å². The van der Waals surface area contributed by atoms with Crippen molar-refractivity contribution in [3.05, 3.63) is 131 Å². The average molecular weight is 551 g/mol. The smallest absolute Gasteiger partial charge is 0.343 e. The van der Waals surface area contributed by atoms with E-state index in [9.17, 15) is 14.4 Å². The molecule has 0 radical (unpaired) electrons. The summed E-state index contributed by atoms with van der Waals surface area (Å²) in [5, 5.41) is 9.92. The minimum absolute atomic E-state index is 0.0335. The summed E-state index contributed by atoms with van der Waals surface area (Å²) in [6, 6.07) is 27.3. The van der Waals surface area contributed by atoms with E-state index >= 15 is 0 Å². The van der Waals surface area contributed by atoms with Gasteiger partial charge in [0, 0.05) is 11.6 Å². The Bertz CT molecular complexity index is 1630. The predicted molar refractivity (Wildman–Crippen MR) is 150 cm³/mol. The molecule has 5 rings (SSSR count). The first-order chi connectivity index (χ1) is 19.9. The Labute approximate surface area is 237 Å². The van der Waals surface area contributed by atoms with Crippen LogP contribution in [0.5, 0.6) is 23.0 Å². The first-order valence-electron chi connectivity index (χ1n) is 13.1. The molecular formula is C33H27FN2O5. The lowest BCUT2D eigenvalue weighted by molar-refractivity contribution is 0.0734. The fourth-order valence-electron chi connectivity index (χ4n) is 4.45. The Hall–Kier alpha value is -5.29. The molecule has 7 nitrogen and oxygen atoms in total. The topological polar surface area (TPSA) is 104 Å². The molecule has 0 amide bonds. The number of hydrogen-bond acceptors (Lipinski definition) is 7. The van der Waals surface area contributed by atoms with Crippen LogP contribution in [0.25, 0.3) is 0 Å². The van der Waals surface area contributed by atoms with Crippen molar-refractivity contribution in [2.45, 2.75) is 25.9 Å². The number of ether oxygens (including phenoxy) is 4. The van der Waals surface area contributed by atoms with Crippen LogP contribution >= 0.6 is 0 Å². The number of benzene rings is 4. The third kappa shape index (κ3) is 6.31. The Balaban J connectivity index is 1.36. The van der Waals surface area contributed by atoms with Crippen LogP contribution in [-0.4, -0.2) is 12.6 Å². The van der Waals surface area contributed by atoms with Gasteiger partial charge in [0.2, 0.25) is 5.88 Å². The van der Waals surface area contributed by atoms with Crippen LogP contribution in [0.2, 0.25) is 0 Å². The van der Waals surface area contributed by atoms with Crippen LogP contribution < -0.4 is 24.7 Å². The second kappa shape index (κ2) is 12.3. The maximum atomic E-state index is 13.2. The van der Waals surface area contributed by atoms with Crippen molar-refractivity contribution in [2.24, 2.45) is 5.73 Å².